The Labute approximate surface area is 168 Å². The highest BCUT2D eigenvalue weighted by Gasteiger charge is 2.09. The maximum absolute atomic E-state index is 10.9. The zero-order valence-electron chi connectivity index (χ0n) is 18.1. The fourth-order valence-electron chi connectivity index (χ4n) is 3.65. The van der Waals surface area contributed by atoms with E-state index in [-0.39, 0.29) is 6.42 Å². The highest BCUT2D eigenvalue weighted by atomic mass is 16.4. The van der Waals surface area contributed by atoms with Gasteiger partial charge in [-0.3, -0.25) is 4.79 Å². The summed E-state index contributed by atoms with van der Waals surface area (Å²) in [4.78, 5) is 21.3. The lowest BCUT2D eigenvalue weighted by Gasteiger charge is -2.04. The van der Waals surface area contributed by atoms with Gasteiger partial charge in [0.25, 0.3) is 0 Å². The monoisotopic (exact) mass is 382 g/mol. The SMILES string of the molecule is CCCCCCCCCCCCCCCCCCCCCCC(=O)C(=O)O. The van der Waals surface area contributed by atoms with Crippen LogP contribution in [0, 0.1) is 0 Å². The summed E-state index contributed by atoms with van der Waals surface area (Å²) in [6.45, 7) is 2.28. The lowest BCUT2D eigenvalue weighted by Crippen LogP contribution is -2.11. The van der Waals surface area contributed by atoms with E-state index in [9.17, 15) is 9.59 Å². The zero-order valence-corrected chi connectivity index (χ0v) is 18.1. The third-order valence-electron chi connectivity index (χ3n) is 5.50. The number of rotatable bonds is 22. The summed E-state index contributed by atoms with van der Waals surface area (Å²) in [6, 6.07) is 0. The summed E-state index contributed by atoms with van der Waals surface area (Å²) < 4.78 is 0. The third kappa shape index (κ3) is 21.3. The molecule has 0 aromatic carbocycles. The Hall–Kier alpha value is -0.860. The number of aliphatic carboxylic acids is 1. The van der Waals surface area contributed by atoms with Crippen LogP contribution in [-0.2, 0) is 9.59 Å². The van der Waals surface area contributed by atoms with Crippen molar-refractivity contribution in [3.8, 4) is 0 Å². The second kappa shape index (κ2) is 21.4. The minimum atomic E-state index is -1.28. The van der Waals surface area contributed by atoms with Crippen LogP contribution in [0.15, 0.2) is 0 Å². The summed E-state index contributed by atoms with van der Waals surface area (Å²) in [5.41, 5.74) is 0. The Morgan fingerprint density at radius 1 is 0.481 bits per heavy atom. The Morgan fingerprint density at radius 2 is 0.741 bits per heavy atom. The standard InChI is InChI=1S/C24H46O3/c1-2-3-4-5-6-7-8-9-10-11-12-13-14-15-16-17-18-19-20-21-22-23(25)24(26)27/h2-22H2,1H3,(H,26,27). The molecule has 3 heteroatoms. The average Bonchev–Trinajstić information content (AvgIpc) is 2.66. The van der Waals surface area contributed by atoms with E-state index in [1.165, 1.54) is 109 Å². The smallest absolute Gasteiger partial charge is 0.372 e. The van der Waals surface area contributed by atoms with E-state index in [2.05, 4.69) is 6.92 Å². The first-order valence-electron chi connectivity index (χ1n) is 11.9. The molecule has 0 bridgehead atoms. The van der Waals surface area contributed by atoms with E-state index < -0.39 is 11.8 Å². The normalized spacial score (nSPS) is 11.0. The number of ketones is 1. The summed E-state index contributed by atoms with van der Waals surface area (Å²) in [5.74, 6) is -1.93. The third-order valence-corrected chi connectivity index (χ3v) is 5.50. The van der Waals surface area contributed by atoms with E-state index in [4.69, 9.17) is 5.11 Å². The van der Waals surface area contributed by atoms with Gasteiger partial charge < -0.3 is 5.11 Å². The maximum atomic E-state index is 10.9. The van der Waals surface area contributed by atoms with E-state index in [1.807, 2.05) is 0 Å². The van der Waals surface area contributed by atoms with Crippen LogP contribution in [0.5, 0.6) is 0 Å². The molecule has 0 aromatic rings. The highest BCUT2D eigenvalue weighted by molar-refractivity contribution is 6.32. The van der Waals surface area contributed by atoms with Crippen molar-refractivity contribution < 1.29 is 14.7 Å². The number of carboxylic acids is 1. The van der Waals surface area contributed by atoms with Crippen molar-refractivity contribution in [2.75, 3.05) is 0 Å². The molecule has 160 valence electrons. The van der Waals surface area contributed by atoms with Gasteiger partial charge >= 0.3 is 5.97 Å². The molecule has 0 radical (unpaired) electrons. The zero-order chi connectivity index (χ0) is 20.0. The highest BCUT2D eigenvalue weighted by Crippen LogP contribution is 2.15. The number of hydrogen-bond acceptors (Lipinski definition) is 2. The van der Waals surface area contributed by atoms with Gasteiger partial charge in [-0.05, 0) is 6.42 Å². The van der Waals surface area contributed by atoms with Crippen molar-refractivity contribution in [1.29, 1.82) is 0 Å². The molecule has 0 saturated carbocycles. The molecular weight excluding hydrogens is 336 g/mol. The molecule has 0 aromatic heterocycles. The number of carboxylic acid groups (broad SMARTS) is 1. The quantitative estimate of drug-likeness (QED) is 0.153. The van der Waals surface area contributed by atoms with Crippen LogP contribution >= 0.6 is 0 Å². The lowest BCUT2D eigenvalue weighted by molar-refractivity contribution is -0.149. The molecule has 27 heavy (non-hydrogen) atoms. The number of Topliss-reactive ketones (excluding diaryl/α,β-unsaturated/α-hetero) is 1. The second-order valence-electron chi connectivity index (χ2n) is 8.20. The van der Waals surface area contributed by atoms with E-state index >= 15 is 0 Å². The molecule has 0 aliphatic rings. The summed E-state index contributed by atoms with van der Waals surface area (Å²) in [5, 5.41) is 8.49. The van der Waals surface area contributed by atoms with E-state index in [0.29, 0.717) is 0 Å². The Balaban J connectivity index is 3.05. The van der Waals surface area contributed by atoms with Crippen molar-refractivity contribution >= 4 is 11.8 Å². The van der Waals surface area contributed by atoms with Crippen molar-refractivity contribution in [2.24, 2.45) is 0 Å². The van der Waals surface area contributed by atoms with Crippen LogP contribution in [-0.4, -0.2) is 16.9 Å². The van der Waals surface area contributed by atoms with Gasteiger partial charge in [0.1, 0.15) is 0 Å². The summed E-state index contributed by atoms with van der Waals surface area (Å²) >= 11 is 0. The van der Waals surface area contributed by atoms with Gasteiger partial charge in [-0.1, -0.05) is 129 Å². The predicted octanol–water partition coefficient (Wildman–Crippen LogP) is 7.85. The molecule has 0 heterocycles. The van der Waals surface area contributed by atoms with Crippen molar-refractivity contribution in [2.45, 2.75) is 142 Å². The van der Waals surface area contributed by atoms with E-state index in [0.717, 1.165) is 19.3 Å². The van der Waals surface area contributed by atoms with Crippen LogP contribution in [0.1, 0.15) is 142 Å². The van der Waals surface area contributed by atoms with Crippen LogP contribution in [0.3, 0.4) is 0 Å². The van der Waals surface area contributed by atoms with Crippen molar-refractivity contribution in [3.63, 3.8) is 0 Å². The second-order valence-corrected chi connectivity index (χ2v) is 8.20. The number of hydrogen-bond donors (Lipinski definition) is 1. The van der Waals surface area contributed by atoms with Crippen molar-refractivity contribution in [3.05, 3.63) is 0 Å². The molecule has 0 aliphatic carbocycles. The summed E-state index contributed by atoms with van der Waals surface area (Å²) in [6.07, 6.45) is 26.7. The summed E-state index contributed by atoms with van der Waals surface area (Å²) in [7, 11) is 0. The largest absolute Gasteiger partial charge is 0.476 e. The molecular formula is C24H46O3. The minimum absolute atomic E-state index is 0.203. The predicted molar refractivity (Wildman–Crippen MR) is 115 cm³/mol. The first-order valence-corrected chi connectivity index (χ1v) is 11.9. The first kappa shape index (κ1) is 26.1. The fraction of sp³-hybridized carbons (Fsp3) is 0.917. The fourth-order valence-corrected chi connectivity index (χ4v) is 3.65. The van der Waals surface area contributed by atoms with Crippen LogP contribution in [0.2, 0.25) is 0 Å². The maximum Gasteiger partial charge on any atom is 0.372 e. The first-order chi connectivity index (χ1) is 13.2. The van der Waals surface area contributed by atoms with Gasteiger partial charge in [0.15, 0.2) is 0 Å². The Morgan fingerprint density at radius 3 is 1.00 bits per heavy atom. The van der Waals surface area contributed by atoms with Crippen LogP contribution in [0.25, 0.3) is 0 Å². The molecule has 1 N–H and O–H groups in total. The Bertz CT molecular complexity index is 339. The minimum Gasteiger partial charge on any atom is -0.476 e. The molecule has 0 rings (SSSR count). The van der Waals surface area contributed by atoms with Crippen LogP contribution in [0.4, 0.5) is 0 Å². The molecule has 0 unspecified atom stereocenters. The molecule has 0 fully saturated rings. The van der Waals surface area contributed by atoms with Crippen LogP contribution < -0.4 is 0 Å². The topological polar surface area (TPSA) is 54.4 Å². The molecule has 0 spiro atoms. The van der Waals surface area contributed by atoms with Gasteiger partial charge in [-0.25, -0.2) is 4.79 Å². The number of carbonyl (C=O) groups excluding carboxylic acids is 1. The molecule has 0 amide bonds. The molecule has 0 saturated heterocycles. The Kier molecular flexibility index (Phi) is 20.8. The van der Waals surface area contributed by atoms with Crippen molar-refractivity contribution in [1.82, 2.24) is 0 Å². The lowest BCUT2D eigenvalue weighted by atomic mass is 10.0. The number of carbonyl (C=O) groups is 2. The molecule has 0 atom stereocenters. The van der Waals surface area contributed by atoms with Gasteiger partial charge in [0.05, 0.1) is 0 Å². The van der Waals surface area contributed by atoms with E-state index in [1.54, 1.807) is 0 Å². The van der Waals surface area contributed by atoms with Gasteiger partial charge in [-0.15, -0.1) is 0 Å². The molecule has 3 nitrogen and oxygen atoms in total. The molecule has 0 aliphatic heterocycles. The van der Waals surface area contributed by atoms with Gasteiger partial charge in [0, 0.05) is 6.42 Å². The average molecular weight is 383 g/mol. The number of unbranched alkanes of at least 4 members (excludes halogenated alkanes) is 19. The van der Waals surface area contributed by atoms with Gasteiger partial charge in [-0.2, -0.15) is 0 Å². The van der Waals surface area contributed by atoms with Gasteiger partial charge in [0.2, 0.25) is 5.78 Å².